The molecule has 17 heavy (non-hydrogen) atoms. The van der Waals surface area contributed by atoms with Gasteiger partial charge >= 0.3 is 0 Å². The molecular formula is C12H19N3O2. The van der Waals surface area contributed by atoms with E-state index >= 15 is 0 Å². The molecule has 1 unspecified atom stereocenters. The second-order valence-corrected chi connectivity index (χ2v) is 5.30. The van der Waals surface area contributed by atoms with Crippen LogP contribution >= 0.6 is 0 Å². The maximum atomic E-state index is 12.2. The number of rotatable bonds is 2. The fourth-order valence-corrected chi connectivity index (χ4v) is 2.79. The van der Waals surface area contributed by atoms with Gasteiger partial charge in [-0.3, -0.25) is 14.5 Å². The molecule has 0 spiro atoms. The van der Waals surface area contributed by atoms with Crippen molar-refractivity contribution in [2.24, 2.45) is 5.92 Å². The highest BCUT2D eigenvalue weighted by atomic mass is 16.2. The standard InChI is InChI=1S/C12H19N3O2/c16-11-7-9(8-13-11)12(17)15-5-3-14(4-6-15)10-1-2-10/h9-10H,1-8H2,(H,13,16). The molecule has 3 rings (SSSR count). The molecule has 0 aromatic rings. The van der Waals surface area contributed by atoms with Crippen molar-refractivity contribution in [2.75, 3.05) is 32.7 Å². The second kappa shape index (κ2) is 4.29. The molecule has 2 amide bonds. The number of piperazine rings is 1. The lowest BCUT2D eigenvalue weighted by Gasteiger charge is -2.35. The van der Waals surface area contributed by atoms with Crippen LogP contribution < -0.4 is 5.32 Å². The zero-order valence-electron chi connectivity index (χ0n) is 10.0. The van der Waals surface area contributed by atoms with E-state index in [4.69, 9.17) is 0 Å². The first-order chi connectivity index (χ1) is 8.24. The van der Waals surface area contributed by atoms with Crippen LogP contribution in [-0.2, 0) is 9.59 Å². The smallest absolute Gasteiger partial charge is 0.228 e. The van der Waals surface area contributed by atoms with Crippen LogP contribution in [0.15, 0.2) is 0 Å². The average Bonchev–Trinajstić information content (AvgIpc) is 3.11. The lowest BCUT2D eigenvalue weighted by atomic mass is 10.1. The summed E-state index contributed by atoms with van der Waals surface area (Å²) in [4.78, 5) is 27.7. The van der Waals surface area contributed by atoms with Gasteiger partial charge in [0, 0.05) is 45.2 Å². The molecule has 2 saturated heterocycles. The highest BCUT2D eigenvalue weighted by molar-refractivity contribution is 5.89. The molecule has 3 fully saturated rings. The number of amides is 2. The molecule has 5 heteroatoms. The van der Waals surface area contributed by atoms with Crippen molar-refractivity contribution in [1.29, 1.82) is 0 Å². The van der Waals surface area contributed by atoms with Crippen molar-refractivity contribution >= 4 is 11.8 Å². The summed E-state index contributed by atoms with van der Waals surface area (Å²) < 4.78 is 0. The molecule has 3 aliphatic rings. The van der Waals surface area contributed by atoms with Crippen LogP contribution in [0.2, 0.25) is 0 Å². The summed E-state index contributed by atoms with van der Waals surface area (Å²) in [6.07, 6.45) is 3.03. The van der Waals surface area contributed by atoms with Gasteiger partial charge in [-0.2, -0.15) is 0 Å². The van der Waals surface area contributed by atoms with Gasteiger partial charge in [-0.15, -0.1) is 0 Å². The predicted molar refractivity (Wildman–Crippen MR) is 62.3 cm³/mol. The van der Waals surface area contributed by atoms with E-state index in [0.717, 1.165) is 32.2 Å². The summed E-state index contributed by atoms with van der Waals surface area (Å²) in [5.74, 6) is 0.0636. The van der Waals surface area contributed by atoms with Crippen molar-refractivity contribution < 1.29 is 9.59 Å². The van der Waals surface area contributed by atoms with Crippen LogP contribution in [0.25, 0.3) is 0 Å². The van der Waals surface area contributed by atoms with Gasteiger partial charge in [0.2, 0.25) is 11.8 Å². The molecule has 2 heterocycles. The number of hydrogen-bond acceptors (Lipinski definition) is 3. The third-order valence-corrected chi connectivity index (χ3v) is 4.02. The Morgan fingerprint density at radius 3 is 2.41 bits per heavy atom. The molecule has 1 atom stereocenters. The Morgan fingerprint density at radius 1 is 1.18 bits per heavy atom. The van der Waals surface area contributed by atoms with Gasteiger partial charge in [0.05, 0.1) is 5.92 Å². The highest BCUT2D eigenvalue weighted by Crippen LogP contribution is 2.27. The summed E-state index contributed by atoms with van der Waals surface area (Å²) in [6.45, 7) is 4.20. The monoisotopic (exact) mass is 237 g/mol. The Balaban J connectivity index is 1.51. The Hall–Kier alpha value is -1.10. The normalized spacial score (nSPS) is 30.5. The van der Waals surface area contributed by atoms with E-state index in [9.17, 15) is 9.59 Å². The first kappa shape index (κ1) is 11.0. The van der Waals surface area contributed by atoms with E-state index in [2.05, 4.69) is 10.2 Å². The topological polar surface area (TPSA) is 52.7 Å². The van der Waals surface area contributed by atoms with Gasteiger partial charge < -0.3 is 10.2 Å². The lowest BCUT2D eigenvalue weighted by molar-refractivity contribution is -0.137. The molecular weight excluding hydrogens is 218 g/mol. The Kier molecular flexibility index (Phi) is 2.78. The van der Waals surface area contributed by atoms with E-state index in [-0.39, 0.29) is 17.7 Å². The van der Waals surface area contributed by atoms with E-state index in [1.807, 2.05) is 4.90 Å². The van der Waals surface area contributed by atoms with Crippen molar-refractivity contribution in [2.45, 2.75) is 25.3 Å². The lowest BCUT2D eigenvalue weighted by Crippen LogP contribution is -2.51. The van der Waals surface area contributed by atoms with Crippen LogP contribution in [0.1, 0.15) is 19.3 Å². The maximum absolute atomic E-state index is 12.2. The minimum atomic E-state index is -0.116. The summed E-state index contributed by atoms with van der Waals surface area (Å²) in [5, 5.41) is 2.73. The summed E-state index contributed by atoms with van der Waals surface area (Å²) >= 11 is 0. The van der Waals surface area contributed by atoms with E-state index < -0.39 is 0 Å². The first-order valence-corrected chi connectivity index (χ1v) is 6.53. The molecule has 0 aromatic heterocycles. The van der Waals surface area contributed by atoms with Crippen molar-refractivity contribution in [3.63, 3.8) is 0 Å². The number of hydrogen-bond donors (Lipinski definition) is 1. The van der Waals surface area contributed by atoms with Gasteiger partial charge in [-0.1, -0.05) is 0 Å². The quantitative estimate of drug-likeness (QED) is 0.700. The zero-order chi connectivity index (χ0) is 11.8. The predicted octanol–water partition coefficient (Wildman–Crippen LogP) is -0.571. The number of nitrogens with one attached hydrogen (secondary N) is 1. The highest BCUT2D eigenvalue weighted by Gasteiger charge is 2.35. The molecule has 0 bridgehead atoms. The average molecular weight is 237 g/mol. The fourth-order valence-electron chi connectivity index (χ4n) is 2.79. The molecule has 1 N–H and O–H groups in total. The number of nitrogens with zero attached hydrogens (tertiary/aromatic N) is 2. The van der Waals surface area contributed by atoms with Crippen LogP contribution in [0.4, 0.5) is 0 Å². The van der Waals surface area contributed by atoms with Crippen molar-refractivity contribution in [3.8, 4) is 0 Å². The summed E-state index contributed by atoms with van der Waals surface area (Å²) in [7, 11) is 0. The van der Waals surface area contributed by atoms with Crippen molar-refractivity contribution in [1.82, 2.24) is 15.1 Å². The molecule has 5 nitrogen and oxygen atoms in total. The second-order valence-electron chi connectivity index (χ2n) is 5.30. The van der Waals surface area contributed by atoms with Gasteiger partial charge in [-0.05, 0) is 12.8 Å². The van der Waals surface area contributed by atoms with Crippen molar-refractivity contribution in [3.05, 3.63) is 0 Å². The van der Waals surface area contributed by atoms with E-state index in [1.54, 1.807) is 0 Å². The molecule has 2 aliphatic heterocycles. The fraction of sp³-hybridized carbons (Fsp3) is 0.833. The Bertz CT molecular complexity index is 333. The summed E-state index contributed by atoms with van der Waals surface area (Å²) in [6, 6.07) is 0.793. The molecule has 0 aromatic carbocycles. The van der Waals surface area contributed by atoms with E-state index in [0.29, 0.717) is 13.0 Å². The third kappa shape index (κ3) is 2.29. The minimum absolute atomic E-state index is 0.0139. The van der Waals surface area contributed by atoms with Gasteiger partial charge in [-0.25, -0.2) is 0 Å². The number of carbonyl (C=O) groups excluding carboxylic acids is 2. The van der Waals surface area contributed by atoms with Crippen LogP contribution in [-0.4, -0.2) is 60.4 Å². The minimum Gasteiger partial charge on any atom is -0.355 e. The number of carbonyl (C=O) groups is 2. The SMILES string of the molecule is O=C1CC(C(=O)N2CCN(C3CC3)CC2)CN1. The van der Waals surface area contributed by atoms with E-state index in [1.165, 1.54) is 12.8 Å². The molecule has 0 radical (unpaired) electrons. The first-order valence-electron chi connectivity index (χ1n) is 6.53. The van der Waals surface area contributed by atoms with Gasteiger partial charge in [0.25, 0.3) is 0 Å². The van der Waals surface area contributed by atoms with Crippen LogP contribution in [0.5, 0.6) is 0 Å². The third-order valence-electron chi connectivity index (χ3n) is 4.02. The van der Waals surface area contributed by atoms with Gasteiger partial charge in [0.1, 0.15) is 0 Å². The molecule has 94 valence electrons. The zero-order valence-corrected chi connectivity index (χ0v) is 10.0. The molecule has 1 saturated carbocycles. The largest absolute Gasteiger partial charge is 0.355 e. The van der Waals surface area contributed by atoms with Crippen LogP contribution in [0, 0.1) is 5.92 Å². The van der Waals surface area contributed by atoms with Gasteiger partial charge in [0.15, 0.2) is 0 Å². The molecule has 1 aliphatic carbocycles. The maximum Gasteiger partial charge on any atom is 0.228 e. The Morgan fingerprint density at radius 2 is 1.88 bits per heavy atom. The van der Waals surface area contributed by atoms with Crippen LogP contribution in [0.3, 0.4) is 0 Å². The Labute approximate surface area is 101 Å². The summed E-state index contributed by atoms with van der Waals surface area (Å²) in [5.41, 5.74) is 0.